The van der Waals surface area contributed by atoms with Gasteiger partial charge in [0.15, 0.2) is 5.69 Å². The van der Waals surface area contributed by atoms with Crippen LogP contribution in [0, 0.1) is 10.1 Å². The number of hydrogen-bond donors (Lipinski definition) is 1. The minimum absolute atomic E-state index is 0.101. The Morgan fingerprint density at radius 2 is 2.11 bits per heavy atom. The highest BCUT2D eigenvalue weighted by Gasteiger charge is 2.28. The molecule has 0 saturated carbocycles. The fourth-order valence-corrected chi connectivity index (χ4v) is 2.05. The highest BCUT2D eigenvalue weighted by Crippen LogP contribution is 2.18. The van der Waals surface area contributed by atoms with Crippen molar-refractivity contribution in [2.45, 2.75) is 19.9 Å². The molecule has 1 fully saturated rings. The zero-order chi connectivity index (χ0) is 14.0. The molecule has 1 amide bonds. The molecular weight excluding hydrogens is 250 g/mol. The number of piperazine rings is 1. The molecule has 0 atom stereocenters. The molecule has 2 rings (SSSR count). The van der Waals surface area contributed by atoms with Crippen LogP contribution in [0.15, 0.2) is 6.07 Å². The van der Waals surface area contributed by atoms with E-state index in [0.717, 1.165) is 13.1 Å². The lowest BCUT2D eigenvalue weighted by Crippen LogP contribution is -2.47. The highest BCUT2D eigenvalue weighted by molar-refractivity contribution is 5.93. The van der Waals surface area contributed by atoms with Gasteiger partial charge >= 0.3 is 5.82 Å². The standard InChI is InChI=1S/C11H17N5O3/c1-8(2)15-9(7-10(13-15)16(18)19)11(17)14-5-3-12-4-6-14/h7-8,12H,3-6H2,1-2H3. The summed E-state index contributed by atoms with van der Waals surface area (Å²) in [6.45, 7) is 6.37. The van der Waals surface area contributed by atoms with Crippen LogP contribution in [-0.4, -0.2) is 51.7 Å². The maximum absolute atomic E-state index is 12.4. The van der Waals surface area contributed by atoms with Crippen LogP contribution in [0.3, 0.4) is 0 Å². The third-order valence-corrected chi connectivity index (χ3v) is 3.02. The largest absolute Gasteiger partial charge is 0.390 e. The molecule has 8 nitrogen and oxygen atoms in total. The van der Waals surface area contributed by atoms with Gasteiger partial charge in [-0.3, -0.25) is 4.79 Å². The molecular formula is C11H17N5O3. The highest BCUT2D eigenvalue weighted by atomic mass is 16.6. The van der Waals surface area contributed by atoms with Crippen molar-refractivity contribution >= 4 is 11.7 Å². The summed E-state index contributed by atoms with van der Waals surface area (Å²) in [5.41, 5.74) is 0.281. The van der Waals surface area contributed by atoms with Crippen LogP contribution >= 0.6 is 0 Å². The van der Waals surface area contributed by atoms with Crippen molar-refractivity contribution in [2.75, 3.05) is 26.2 Å². The van der Waals surface area contributed by atoms with E-state index >= 15 is 0 Å². The average Bonchev–Trinajstić information content (AvgIpc) is 2.84. The number of hydrogen-bond acceptors (Lipinski definition) is 5. The van der Waals surface area contributed by atoms with E-state index in [1.807, 2.05) is 13.8 Å². The molecule has 0 spiro atoms. The van der Waals surface area contributed by atoms with Crippen LogP contribution in [-0.2, 0) is 0 Å². The average molecular weight is 267 g/mol. The lowest BCUT2D eigenvalue weighted by Gasteiger charge is -2.27. The number of nitro groups is 1. The van der Waals surface area contributed by atoms with Crippen molar-refractivity contribution in [1.29, 1.82) is 0 Å². The molecule has 0 unspecified atom stereocenters. The Labute approximate surface area is 110 Å². The van der Waals surface area contributed by atoms with Crippen LogP contribution in [0.4, 0.5) is 5.82 Å². The molecule has 8 heteroatoms. The summed E-state index contributed by atoms with van der Waals surface area (Å²) in [4.78, 5) is 24.3. The molecule has 1 aromatic heterocycles. The zero-order valence-corrected chi connectivity index (χ0v) is 11.0. The number of nitrogens with one attached hydrogen (secondary N) is 1. The lowest BCUT2D eigenvalue weighted by atomic mass is 10.3. The lowest BCUT2D eigenvalue weighted by molar-refractivity contribution is -0.389. The molecule has 0 radical (unpaired) electrons. The van der Waals surface area contributed by atoms with Crippen molar-refractivity contribution < 1.29 is 9.72 Å². The number of amides is 1. The first-order chi connectivity index (χ1) is 9.00. The first-order valence-corrected chi connectivity index (χ1v) is 6.24. The van der Waals surface area contributed by atoms with Gasteiger partial charge in [0.2, 0.25) is 0 Å². The summed E-state index contributed by atoms with van der Waals surface area (Å²) in [5.74, 6) is -0.483. The number of carbonyl (C=O) groups excluding carboxylic acids is 1. The molecule has 19 heavy (non-hydrogen) atoms. The van der Waals surface area contributed by atoms with Crippen LogP contribution < -0.4 is 5.32 Å². The Morgan fingerprint density at radius 3 is 2.63 bits per heavy atom. The summed E-state index contributed by atoms with van der Waals surface area (Å²) in [6, 6.07) is 1.15. The van der Waals surface area contributed by atoms with Gasteiger partial charge in [-0.2, -0.15) is 4.68 Å². The van der Waals surface area contributed by atoms with Gasteiger partial charge in [0.1, 0.15) is 0 Å². The first-order valence-electron chi connectivity index (χ1n) is 6.24. The van der Waals surface area contributed by atoms with Crippen molar-refractivity contribution in [3.05, 3.63) is 21.9 Å². The molecule has 0 aromatic carbocycles. The Balaban J connectivity index is 2.31. The first kappa shape index (κ1) is 13.5. The fourth-order valence-electron chi connectivity index (χ4n) is 2.05. The Kier molecular flexibility index (Phi) is 3.79. The van der Waals surface area contributed by atoms with Gasteiger partial charge in [0.25, 0.3) is 5.91 Å². The smallest absolute Gasteiger partial charge is 0.358 e. The van der Waals surface area contributed by atoms with Gasteiger partial charge in [-0.05, 0) is 18.8 Å². The maximum atomic E-state index is 12.4. The van der Waals surface area contributed by atoms with E-state index in [4.69, 9.17) is 0 Å². The molecule has 0 aliphatic carbocycles. The summed E-state index contributed by atoms with van der Waals surface area (Å²) in [6.07, 6.45) is 0. The number of nitrogens with zero attached hydrogens (tertiary/aromatic N) is 4. The maximum Gasteiger partial charge on any atom is 0.390 e. The minimum atomic E-state index is -0.576. The van der Waals surface area contributed by atoms with Crippen LogP contribution in [0.2, 0.25) is 0 Å². The van der Waals surface area contributed by atoms with E-state index in [9.17, 15) is 14.9 Å². The van der Waals surface area contributed by atoms with Crippen molar-refractivity contribution in [3.63, 3.8) is 0 Å². The summed E-state index contributed by atoms with van der Waals surface area (Å²) in [5, 5.41) is 17.8. The van der Waals surface area contributed by atoms with Crippen LogP contribution in [0.25, 0.3) is 0 Å². The second-order valence-corrected chi connectivity index (χ2v) is 4.73. The third-order valence-electron chi connectivity index (χ3n) is 3.02. The Morgan fingerprint density at radius 1 is 1.47 bits per heavy atom. The molecule has 2 heterocycles. The normalized spacial score (nSPS) is 15.8. The second-order valence-electron chi connectivity index (χ2n) is 4.73. The van der Waals surface area contributed by atoms with Gasteiger partial charge in [-0.15, -0.1) is 0 Å². The third kappa shape index (κ3) is 2.73. The predicted molar refractivity (Wildman–Crippen MR) is 68.0 cm³/mol. The van der Waals surface area contributed by atoms with Crippen molar-refractivity contribution in [3.8, 4) is 0 Å². The van der Waals surface area contributed by atoms with Crippen LogP contribution in [0.1, 0.15) is 30.4 Å². The molecule has 104 valence electrons. The molecule has 1 aliphatic rings. The van der Waals surface area contributed by atoms with Crippen LogP contribution in [0.5, 0.6) is 0 Å². The van der Waals surface area contributed by atoms with E-state index in [-0.39, 0.29) is 23.5 Å². The predicted octanol–water partition coefficient (Wildman–Crippen LogP) is 0.418. The van der Waals surface area contributed by atoms with Gasteiger partial charge in [0, 0.05) is 26.2 Å². The molecule has 0 bridgehead atoms. The van der Waals surface area contributed by atoms with E-state index in [1.165, 1.54) is 10.7 Å². The molecule has 1 aromatic rings. The number of rotatable bonds is 3. The minimum Gasteiger partial charge on any atom is -0.358 e. The number of carbonyl (C=O) groups is 1. The summed E-state index contributed by atoms with van der Waals surface area (Å²) < 4.78 is 1.42. The quantitative estimate of drug-likeness (QED) is 0.632. The fraction of sp³-hybridized carbons (Fsp3) is 0.636. The monoisotopic (exact) mass is 267 g/mol. The van der Waals surface area contributed by atoms with E-state index in [1.54, 1.807) is 4.90 Å². The van der Waals surface area contributed by atoms with E-state index in [2.05, 4.69) is 10.4 Å². The molecule has 1 saturated heterocycles. The zero-order valence-electron chi connectivity index (χ0n) is 11.0. The molecule has 1 N–H and O–H groups in total. The SMILES string of the molecule is CC(C)n1nc([N+](=O)[O-])cc1C(=O)N1CCNCC1. The Bertz CT molecular complexity index is 491. The number of aromatic nitrogens is 2. The van der Waals surface area contributed by atoms with Gasteiger partial charge in [-0.25, -0.2) is 0 Å². The summed E-state index contributed by atoms with van der Waals surface area (Å²) >= 11 is 0. The second kappa shape index (κ2) is 5.35. The van der Waals surface area contributed by atoms with E-state index in [0.29, 0.717) is 13.1 Å². The van der Waals surface area contributed by atoms with Crippen molar-refractivity contribution in [1.82, 2.24) is 20.0 Å². The topological polar surface area (TPSA) is 93.3 Å². The van der Waals surface area contributed by atoms with Gasteiger partial charge in [-0.1, -0.05) is 0 Å². The van der Waals surface area contributed by atoms with Gasteiger partial charge < -0.3 is 20.3 Å². The van der Waals surface area contributed by atoms with E-state index < -0.39 is 4.92 Å². The summed E-state index contributed by atoms with van der Waals surface area (Å²) in [7, 11) is 0. The van der Waals surface area contributed by atoms with Crippen molar-refractivity contribution in [2.24, 2.45) is 0 Å². The molecule has 1 aliphatic heterocycles. The van der Waals surface area contributed by atoms with Gasteiger partial charge in [0.05, 0.1) is 17.2 Å². The Hall–Kier alpha value is -1.96.